The summed E-state index contributed by atoms with van der Waals surface area (Å²) in [5.74, 6) is 1.04. The van der Waals surface area contributed by atoms with Crippen molar-refractivity contribution in [1.82, 2.24) is 0 Å². The molecule has 0 aromatic rings. The molecule has 2 nitrogen and oxygen atoms in total. The number of fused-ring (bicyclic) bond motifs is 3. The molecule has 3 aliphatic carbocycles. The molecule has 0 saturated heterocycles. The smallest absolute Gasteiger partial charge is 0.0618 e. The lowest BCUT2D eigenvalue weighted by molar-refractivity contribution is -0.153. The highest BCUT2D eigenvalue weighted by molar-refractivity contribution is 5.27. The van der Waals surface area contributed by atoms with E-state index in [4.69, 9.17) is 0 Å². The van der Waals surface area contributed by atoms with Gasteiger partial charge < -0.3 is 10.2 Å². The van der Waals surface area contributed by atoms with Gasteiger partial charge in [0.2, 0.25) is 0 Å². The van der Waals surface area contributed by atoms with E-state index in [1.165, 1.54) is 12.8 Å². The third-order valence-corrected chi connectivity index (χ3v) is 7.57. The SMILES string of the molecule is C=C[C@]1(C)C=C2CC[C@H]3[C@](C)(CCC(O)[C@@]3(C)CO)[C@H]2CC1. The minimum atomic E-state index is -0.358. The van der Waals surface area contributed by atoms with E-state index < -0.39 is 0 Å². The maximum Gasteiger partial charge on any atom is 0.0618 e. The van der Waals surface area contributed by atoms with Gasteiger partial charge in [-0.3, -0.25) is 0 Å². The summed E-state index contributed by atoms with van der Waals surface area (Å²) in [6.45, 7) is 10.9. The lowest BCUT2D eigenvalue weighted by atomic mass is 9.44. The van der Waals surface area contributed by atoms with E-state index in [0.29, 0.717) is 11.8 Å². The van der Waals surface area contributed by atoms with E-state index in [0.717, 1.165) is 25.7 Å². The second kappa shape index (κ2) is 5.21. The number of aliphatic hydroxyl groups excluding tert-OH is 2. The Kier molecular flexibility index (Phi) is 3.85. The molecule has 2 heteroatoms. The summed E-state index contributed by atoms with van der Waals surface area (Å²) in [4.78, 5) is 0. The largest absolute Gasteiger partial charge is 0.396 e. The Bertz CT molecular complexity index is 496. The fourth-order valence-electron chi connectivity index (χ4n) is 5.94. The van der Waals surface area contributed by atoms with Crippen molar-refractivity contribution in [2.24, 2.45) is 28.1 Å². The summed E-state index contributed by atoms with van der Waals surface area (Å²) < 4.78 is 0. The van der Waals surface area contributed by atoms with Crippen molar-refractivity contribution in [3.05, 3.63) is 24.3 Å². The van der Waals surface area contributed by atoms with Crippen molar-refractivity contribution >= 4 is 0 Å². The maximum atomic E-state index is 10.5. The van der Waals surface area contributed by atoms with Crippen LogP contribution in [0.1, 0.15) is 59.3 Å². The van der Waals surface area contributed by atoms with Gasteiger partial charge in [0, 0.05) is 10.8 Å². The van der Waals surface area contributed by atoms with Gasteiger partial charge >= 0.3 is 0 Å². The number of aliphatic hydroxyl groups is 2. The van der Waals surface area contributed by atoms with Gasteiger partial charge in [0.15, 0.2) is 0 Å². The molecular formula is C20H32O2. The first kappa shape index (κ1) is 16.3. The van der Waals surface area contributed by atoms with Crippen molar-refractivity contribution in [3.8, 4) is 0 Å². The van der Waals surface area contributed by atoms with Crippen LogP contribution in [0.3, 0.4) is 0 Å². The molecule has 22 heavy (non-hydrogen) atoms. The van der Waals surface area contributed by atoms with Gasteiger partial charge in [-0.25, -0.2) is 0 Å². The zero-order valence-corrected chi connectivity index (χ0v) is 14.4. The Labute approximate surface area is 135 Å². The fourth-order valence-corrected chi connectivity index (χ4v) is 5.94. The Morgan fingerprint density at radius 3 is 2.59 bits per heavy atom. The molecule has 3 rings (SSSR count). The van der Waals surface area contributed by atoms with Gasteiger partial charge in [0.25, 0.3) is 0 Å². The molecule has 6 atom stereocenters. The second-order valence-electron chi connectivity index (χ2n) is 8.84. The Morgan fingerprint density at radius 1 is 1.23 bits per heavy atom. The number of rotatable bonds is 2. The normalized spacial score (nSPS) is 51.5. The molecule has 0 heterocycles. The highest BCUT2D eigenvalue weighted by atomic mass is 16.3. The van der Waals surface area contributed by atoms with E-state index >= 15 is 0 Å². The number of hydrogen-bond acceptors (Lipinski definition) is 2. The van der Waals surface area contributed by atoms with Gasteiger partial charge in [-0.1, -0.05) is 38.5 Å². The van der Waals surface area contributed by atoms with Gasteiger partial charge in [-0.05, 0) is 55.8 Å². The van der Waals surface area contributed by atoms with Crippen LogP contribution in [0.2, 0.25) is 0 Å². The molecule has 3 aliphatic rings. The average Bonchev–Trinajstić information content (AvgIpc) is 2.51. The van der Waals surface area contributed by atoms with Gasteiger partial charge in [0.05, 0.1) is 12.7 Å². The van der Waals surface area contributed by atoms with E-state index in [2.05, 4.69) is 39.5 Å². The molecule has 0 spiro atoms. The Morgan fingerprint density at radius 2 is 1.95 bits per heavy atom. The van der Waals surface area contributed by atoms with Gasteiger partial charge in [-0.2, -0.15) is 0 Å². The van der Waals surface area contributed by atoms with Crippen LogP contribution in [-0.2, 0) is 0 Å². The van der Waals surface area contributed by atoms with E-state index in [-0.39, 0.29) is 29.0 Å². The molecule has 1 unspecified atom stereocenters. The third kappa shape index (κ3) is 2.14. The van der Waals surface area contributed by atoms with E-state index in [9.17, 15) is 10.2 Å². The monoisotopic (exact) mass is 304 g/mol. The highest BCUT2D eigenvalue weighted by Gasteiger charge is 2.58. The minimum Gasteiger partial charge on any atom is -0.396 e. The lowest BCUT2D eigenvalue weighted by Gasteiger charge is -2.61. The maximum absolute atomic E-state index is 10.5. The predicted octanol–water partition coefficient (Wildman–Crippen LogP) is 4.08. The summed E-state index contributed by atoms with van der Waals surface area (Å²) in [6.07, 6.45) is 10.8. The van der Waals surface area contributed by atoms with Crippen molar-refractivity contribution in [3.63, 3.8) is 0 Å². The zero-order chi connectivity index (χ0) is 16.2. The van der Waals surface area contributed by atoms with Crippen molar-refractivity contribution in [2.75, 3.05) is 6.61 Å². The first-order valence-electron chi connectivity index (χ1n) is 8.93. The minimum absolute atomic E-state index is 0.102. The third-order valence-electron chi connectivity index (χ3n) is 7.57. The topological polar surface area (TPSA) is 40.5 Å². The fraction of sp³-hybridized carbons (Fsp3) is 0.800. The van der Waals surface area contributed by atoms with Gasteiger partial charge in [-0.15, -0.1) is 6.58 Å². The van der Waals surface area contributed by atoms with Crippen LogP contribution in [0.15, 0.2) is 24.3 Å². The lowest BCUT2D eigenvalue weighted by Crippen LogP contribution is -2.58. The van der Waals surface area contributed by atoms with Crippen LogP contribution in [0.4, 0.5) is 0 Å². The molecular weight excluding hydrogens is 272 g/mol. The summed E-state index contributed by atoms with van der Waals surface area (Å²) >= 11 is 0. The first-order chi connectivity index (χ1) is 10.3. The predicted molar refractivity (Wildman–Crippen MR) is 90.4 cm³/mol. The quantitative estimate of drug-likeness (QED) is 0.755. The van der Waals surface area contributed by atoms with E-state index in [1.807, 2.05) is 0 Å². The van der Waals surface area contributed by atoms with Crippen molar-refractivity contribution in [1.29, 1.82) is 0 Å². The molecule has 0 amide bonds. The first-order valence-corrected chi connectivity index (χ1v) is 8.93. The van der Waals surface area contributed by atoms with Crippen molar-refractivity contribution < 1.29 is 10.2 Å². The van der Waals surface area contributed by atoms with Crippen LogP contribution in [0, 0.1) is 28.1 Å². The standard InChI is InChI=1S/C20H32O2/c1-5-18(2)10-8-15-14(12-18)6-7-16-19(15,3)11-9-17(22)20(16,4)13-21/h5,12,15-17,21-22H,1,6-11,13H2,2-4H3/t15-,16-,17?,18-,19+,20-/m0/s1. The Hall–Kier alpha value is -0.600. The molecule has 2 fully saturated rings. The van der Waals surface area contributed by atoms with E-state index in [1.54, 1.807) is 5.57 Å². The van der Waals surface area contributed by atoms with Crippen LogP contribution in [0.5, 0.6) is 0 Å². The molecule has 0 radical (unpaired) electrons. The second-order valence-corrected chi connectivity index (χ2v) is 8.84. The molecule has 2 saturated carbocycles. The molecule has 2 N–H and O–H groups in total. The molecule has 124 valence electrons. The molecule has 0 aromatic carbocycles. The molecule has 0 bridgehead atoms. The zero-order valence-electron chi connectivity index (χ0n) is 14.4. The highest BCUT2D eigenvalue weighted by Crippen LogP contribution is 2.63. The number of hydrogen-bond donors (Lipinski definition) is 2. The summed E-state index contributed by atoms with van der Waals surface area (Å²) in [6, 6.07) is 0. The van der Waals surface area contributed by atoms with Crippen molar-refractivity contribution in [2.45, 2.75) is 65.4 Å². The average molecular weight is 304 g/mol. The summed E-state index contributed by atoms with van der Waals surface area (Å²) in [5.41, 5.74) is 1.66. The van der Waals surface area contributed by atoms with Gasteiger partial charge in [0.1, 0.15) is 0 Å². The Balaban J connectivity index is 1.98. The van der Waals surface area contributed by atoms with Crippen LogP contribution in [-0.4, -0.2) is 22.9 Å². The molecule has 0 aliphatic heterocycles. The van der Waals surface area contributed by atoms with Crippen LogP contribution < -0.4 is 0 Å². The van der Waals surface area contributed by atoms with Crippen LogP contribution in [0.25, 0.3) is 0 Å². The van der Waals surface area contributed by atoms with Crippen LogP contribution >= 0.6 is 0 Å². The summed E-state index contributed by atoms with van der Waals surface area (Å²) in [7, 11) is 0. The summed E-state index contributed by atoms with van der Waals surface area (Å²) in [5, 5.41) is 20.5. The number of allylic oxidation sites excluding steroid dienone is 3. The molecule has 0 aromatic heterocycles.